The molecule has 4 rings (SSSR count). The zero-order valence-corrected chi connectivity index (χ0v) is 15.8. The van der Waals surface area contributed by atoms with Gasteiger partial charge in [-0.1, -0.05) is 37.5 Å². The summed E-state index contributed by atoms with van der Waals surface area (Å²) in [5, 5.41) is 11.5. The summed E-state index contributed by atoms with van der Waals surface area (Å²) >= 11 is 0. The van der Waals surface area contributed by atoms with Crippen LogP contribution < -0.4 is 11.1 Å². The minimum Gasteiger partial charge on any atom is -0.398 e. The first-order chi connectivity index (χ1) is 13.6. The fraction of sp³-hybridized carbons (Fsp3) is 0.318. The smallest absolute Gasteiger partial charge is 0.251 e. The van der Waals surface area contributed by atoms with E-state index in [1.54, 1.807) is 24.3 Å². The summed E-state index contributed by atoms with van der Waals surface area (Å²) in [6.45, 7) is 0.739. The first kappa shape index (κ1) is 18.2. The maximum Gasteiger partial charge on any atom is 0.251 e. The zero-order valence-electron chi connectivity index (χ0n) is 15.8. The van der Waals surface area contributed by atoms with Gasteiger partial charge in [-0.05, 0) is 43.0 Å². The Morgan fingerprint density at radius 3 is 2.75 bits per heavy atom. The average Bonchev–Trinajstić information content (AvgIpc) is 3.16. The van der Waals surface area contributed by atoms with E-state index in [0.29, 0.717) is 28.6 Å². The van der Waals surface area contributed by atoms with Crippen molar-refractivity contribution in [1.29, 1.82) is 5.41 Å². The molecule has 0 saturated heterocycles. The molecule has 28 heavy (non-hydrogen) atoms. The topological polar surface area (TPSA) is 108 Å². The van der Waals surface area contributed by atoms with Gasteiger partial charge in [0.15, 0.2) is 5.82 Å². The van der Waals surface area contributed by atoms with Gasteiger partial charge in [0.25, 0.3) is 5.91 Å². The van der Waals surface area contributed by atoms with Crippen LogP contribution in [0, 0.1) is 11.3 Å². The molecular formula is C22H25N5O. The third kappa shape index (κ3) is 3.76. The van der Waals surface area contributed by atoms with Gasteiger partial charge < -0.3 is 16.0 Å². The second-order valence-corrected chi connectivity index (χ2v) is 7.49. The highest BCUT2D eigenvalue weighted by Crippen LogP contribution is 2.23. The Morgan fingerprint density at radius 1 is 1.18 bits per heavy atom. The number of carbonyl (C=O) groups excluding carboxylic acids is 1. The number of aromatic nitrogens is 2. The number of H-pyrrole nitrogens is 1. The fourth-order valence-electron chi connectivity index (χ4n) is 3.85. The van der Waals surface area contributed by atoms with Gasteiger partial charge in [-0.3, -0.25) is 10.2 Å². The minimum atomic E-state index is -0.0639. The average molecular weight is 375 g/mol. The number of anilines is 1. The van der Waals surface area contributed by atoms with E-state index < -0.39 is 0 Å². The molecular weight excluding hydrogens is 350 g/mol. The molecule has 144 valence electrons. The van der Waals surface area contributed by atoms with Crippen molar-refractivity contribution in [3.8, 4) is 0 Å². The summed E-state index contributed by atoms with van der Waals surface area (Å²) in [5.41, 5.74) is 9.44. The van der Waals surface area contributed by atoms with Crippen molar-refractivity contribution >= 4 is 28.3 Å². The van der Waals surface area contributed by atoms with E-state index in [0.717, 1.165) is 17.6 Å². The predicted octanol–water partition coefficient (Wildman–Crippen LogP) is 3.87. The number of nitrogens with one attached hydrogen (secondary N) is 3. The summed E-state index contributed by atoms with van der Waals surface area (Å²) in [5.74, 6) is 0.968. The molecule has 1 amide bonds. The molecule has 0 aliphatic heterocycles. The molecule has 2 aromatic carbocycles. The summed E-state index contributed by atoms with van der Waals surface area (Å²) in [6.07, 6.45) is 6.25. The van der Waals surface area contributed by atoms with Crippen LogP contribution in [0.3, 0.4) is 0 Å². The molecule has 6 heteroatoms. The van der Waals surface area contributed by atoms with E-state index in [1.165, 1.54) is 32.1 Å². The number of nitrogens with zero attached hydrogens (tertiary/aromatic N) is 1. The van der Waals surface area contributed by atoms with Gasteiger partial charge in [0, 0.05) is 23.4 Å². The Morgan fingerprint density at radius 2 is 1.96 bits per heavy atom. The molecule has 1 aliphatic carbocycles. The molecule has 1 heterocycles. The molecule has 0 unspecified atom stereocenters. The first-order valence-electron chi connectivity index (χ1n) is 9.83. The number of aromatic amines is 1. The van der Waals surface area contributed by atoms with Crippen LogP contribution in [0.1, 0.15) is 53.8 Å². The van der Waals surface area contributed by atoms with E-state index in [1.807, 2.05) is 18.2 Å². The van der Waals surface area contributed by atoms with E-state index >= 15 is 0 Å². The molecule has 5 N–H and O–H groups in total. The van der Waals surface area contributed by atoms with Crippen molar-refractivity contribution in [2.75, 3.05) is 12.3 Å². The van der Waals surface area contributed by atoms with Crippen molar-refractivity contribution < 1.29 is 4.79 Å². The first-order valence-corrected chi connectivity index (χ1v) is 9.83. The zero-order chi connectivity index (χ0) is 19.5. The Hall–Kier alpha value is -3.15. The number of benzene rings is 2. The van der Waals surface area contributed by atoms with Crippen LogP contribution in [0.15, 0.2) is 42.5 Å². The monoisotopic (exact) mass is 375 g/mol. The predicted molar refractivity (Wildman–Crippen MR) is 112 cm³/mol. The maximum absolute atomic E-state index is 12.5. The van der Waals surface area contributed by atoms with Gasteiger partial charge in [-0.25, -0.2) is 4.98 Å². The molecule has 3 aromatic rings. The fourth-order valence-corrected chi connectivity index (χ4v) is 3.85. The number of rotatable bonds is 5. The number of nitrogen functional groups attached to an aromatic ring is 1. The molecule has 6 nitrogen and oxygen atoms in total. The van der Waals surface area contributed by atoms with E-state index in [-0.39, 0.29) is 11.6 Å². The summed E-state index contributed by atoms with van der Waals surface area (Å²) in [6, 6.07) is 12.6. The van der Waals surface area contributed by atoms with Crippen molar-refractivity contribution in [2.24, 2.45) is 5.92 Å². The normalized spacial score (nSPS) is 14.9. The standard InChI is InChI=1S/C22H25N5O/c23-17-9-5-4-8-16(17)20(24)21-26-18-11-10-15(12-19(18)27-21)22(28)25-13-14-6-2-1-3-7-14/h4-5,8-12,14,24H,1-3,6-7,13,23H2,(H,25,28)(H,26,27). The number of amides is 1. The van der Waals surface area contributed by atoms with Gasteiger partial charge in [0.05, 0.1) is 11.0 Å². The van der Waals surface area contributed by atoms with Crippen LogP contribution in [0.2, 0.25) is 0 Å². The molecule has 0 radical (unpaired) electrons. The highest BCUT2D eigenvalue weighted by atomic mass is 16.1. The molecule has 0 bridgehead atoms. The molecule has 1 aromatic heterocycles. The lowest BCUT2D eigenvalue weighted by Crippen LogP contribution is -2.30. The molecule has 0 spiro atoms. The molecule has 0 atom stereocenters. The number of hydrogen-bond acceptors (Lipinski definition) is 4. The largest absolute Gasteiger partial charge is 0.398 e. The van der Waals surface area contributed by atoms with Crippen LogP contribution in [-0.2, 0) is 0 Å². The second kappa shape index (κ2) is 7.84. The summed E-state index contributed by atoms with van der Waals surface area (Å²) < 4.78 is 0. The van der Waals surface area contributed by atoms with Crippen LogP contribution in [-0.4, -0.2) is 28.1 Å². The SMILES string of the molecule is N=C(c1nc2ccc(C(=O)NCC3CCCCC3)cc2[nH]1)c1ccccc1N. The minimum absolute atomic E-state index is 0.0639. The van der Waals surface area contributed by atoms with Gasteiger partial charge in [0.1, 0.15) is 5.71 Å². The number of imidazole rings is 1. The van der Waals surface area contributed by atoms with Crippen LogP contribution >= 0.6 is 0 Å². The van der Waals surface area contributed by atoms with Gasteiger partial charge in [-0.15, -0.1) is 0 Å². The number of nitrogens with two attached hydrogens (primary N) is 1. The number of fused-ring (bicyclic) bond motifs is 1. The van der Waals surface area contributed by atoms with Crippen molar-refractivity contribution in [2.45, 2.75) is 32.1 Å². The Bertz CT molecular complexity index is 1020. The number of para-hydroxylation sites is 1. The van der Waals surface area contributed by atoms with Crippen LogP contribution in [0.5, 0.6) is 0 Å². The van der Waals surface area contributed by atoms with Gasteiger partial charge in [0.2, 0.25) is 0 Å². The Kier molecular flexibility index (Phi) is 5.10. The number of carbonyl (C=O) groups is 1. The third-order valence-corrected chi connectivity index (χ3v) is 5.49. The lowest BCUT2D eigenvalue weighted by atomic mass is 9.89. The molecule has 1 saturated carbocycles. The van der Waals surface area contributed by atoms with Crippen LogP contribution in [0.25, 0.3) is 11.0 Å². The van der Waals surface area contributed by atoms with Crippen molar-refractivity contribution in [1.82, 2.24) is 15.3 Å². The summed E-state index contributed by atoms with van der Waals surface area (Å²) in [7, 11) is 0. The van der Waals surface area contributed by atoms with Gasteiger partial charge in [-0.2, -0.15) is 0 Å². The Labute approximate surface area is 164 Å². The molecule has 1 fully saturated rings. The van der Waals surface area contributed by atoms with Crippen molar-refractivity contribution in [3.63, 3.8) is 0 Å². The van der Waals surface area contributed by atoms with E-state index in [2.05, 4.69) is 15.3 Å². The highest BCUT2D eigenvalue weighted by molar-refractivity contribution is 6.12. The van der Waals surface area contributed by atoms with Crippen molar-refractivity contribution in [3.05, 3.63) is 59.4 Å². The third-order valence-electron chi connectivity index (χ3n) is 5.49. The van der Waals surface area contributed by atoms with Gasteiger partial charge >= 0.3 is 0 Å². The quantitative estimate of drug-likeness (QED) is 0.401. The maximum atomic E-state index is 12.5. The van der Waals surface area contributed by atoms with E-state index in [4.69, 9.17) is 11.1 Å². The Balaban J connectivity index is 1.50. The highest BCUT2D eigenvalue weighted by Gasteiger charge is 2.16. The number of hydrogen-bond donors (Lipinski definition) is 4. The lowest BCUT2D eigenvalue weighted by molar-refractivity contribution is 0.0943. The lowest BCUT2D eigenvalue weighted by Gasteiger charge is -2.21. The summed E-state index contributed by atoms with van der Waals surface area (Å²) in [4.78, 5) is 20.2. The van der Waals surface area contributed by atoms with E-state index in [9.17, 15) is 4.79 Å². The van der Waals surface area contributed by atoms with Crippen LogP contribution in [0.4, 0.5) is 5.69 Å². The second-order valence-electron chi connectivity index (χ2n) is 7.49. The molecule has 1 aliphatic rings.